The fraction of sp³-hybridized carbons (Fsp3) is 0.560. The summed E-state index contributed by atoms with van der Waals surface area (Å²) in [6.45, 7) is 8.72. The lowest BCUT2D eigenvalue weighted by atomic mass is 9.87. The fourth-order valence-electron chi connectivity index (χ4n) is 3.84. The van der Waals surface area contributed by atoms with Gasteiger partial charge in [-0.15, -0.1) is 0 Å². The molecular weight excluding hydrogens is 424 g/mol. The number of carbonyl (C=O) groups excluding carboxylic acids is 1. The van der Waals surface area contributed by atoms with Gasteiger partial charge in [0.1, 0.15) is 5.75 Å². The third kappa shape index (κ3) is 7.23. The number of aliphatic carboxylic acids is 1. The molecule has 2 atom stereocenters. The van der Waals surface area contributed by atoms with E-state index in [1.807, 2.05) is 31.2 Å². The van der Waals surface area contributed by atoms with Gasteiger partial charge in [0.15, 0.2) is 5.76 Å². The molecule has 0 saturated heterocycles. The lowest BCUT2D eigenvalue weighted by molar-refractivity contribution is -0.143. The molecule has 1 aromatic heterocycles. The van der Waals surface area contributed by atoms with Crippen LogP contribution in [0.5, 0.6) is 5.75 Å². The summed E-state index contributed by atoms with van der Waals surface area (Å²) in [4.78, 5) is 23.3. The highest BCUT2D eigenvalue weighted by molar-refractivity contribution is 5.70. The van der Waals surface area contributed by atoms with Gasteiger partial charge in [0, 0.05) is 11.1 Å². The van der Waals surface area contributed by atoms with Gasteiger partial charge in [0.05, 0.1) is 30.9 Å². The third-order valence-corrected chi connectivity index (χ3v) is 5.87. The molecule has 180 valence electrons. The largest absolute Gasteiger partial charge is 0.490 e. The molecular formula is C25H34N2O6. The molecule has 0 radical (unpaired) electrons. The molecule has 0 bridgehead atoms. The molecule has 1 aromatic carbocycles. The molecule has 1 amide bonds. The molecule has 1 fully saturated rings. The van der Waals surface area contributed by atoms with Gasteiger partial charge in [-0.1, -0.05) is 25.9 Å². The number of rotatable bonds is 8. The third-order valence-electron chi connectivity index (χ3n) is 5.87. The number of carboxylic acid groups (broad SMARTS) is 1. The summed E-state index contributed by atoms with van der Waals surface area (Å²) >= 11 is 0. The smallest absolute Gasteiger partial charge is 0.407 e. The molecule has 0 unspecified atom stereocenters. The van der Waals surface area contributed by atoms with Crippen LogP contribution in [-0.2, 0) is 16.1 Å². The van der Waals surface area contributed by atoms with Crippen molar-refractivity contribution >= 4 is 12.1 Å². The lowest BCUT2D eigenvalue weighted by Gasteiger charge is -2.27. The summed E-state index contributed by atoms with van der Waals surface area (Å²) in [5.41, 5.74) is 2.40. The summed E-state index contributed by atoms with van der Waals surface area (Å²) in [6.07, 6.45) is 3.16. The number of aryl methyl sites for hydroxylation is 1. The highest BCUT2D eigenvalue weighted by Crippen LogP contribution is 2.31. The van der Waals surface area contributed by atoms with Crippen molar-refractivity contribution in [1.29, 1.82) is 0 Å². The maximum Gasteiger partial charge on any atom is 0.407 e. The monoisotopic (exact) mass is 458 g/mol. The van der Waals surface area contributed by atoms with Gasteiger partial charge in [-0.25, -0.2) is 4.79 Å². The Hall–Kier alpha value is -3.03. The van der Waals surface area contributed by atoms with Crippen molar-refractivity contribution in [3.63, 3.8) is 0 Å². The Morgan fingerprint density at radius 1 is 1.21 bits per heavy atom. The fourth-order valence-corrected chi connectivity index (χ4v) is 3.84. The standard InChI is InChI=1S/C25H34N2O6/c1-16-21(15-26-24(30)31-13-12-25(2,3)4)22(33-27-16)17-8-10-19(11-9-17)32-20-7-5-6-18(14-20)23(28)29/h8-11,18,20H,5-7,12-15H2,1-4H3,(H,26,30)(H,28,29)/t18-,20-/m0/s1. The van der Waals surface area contributed by atoms with Crippen LogP contribution in [-0.4, -0.2) is 35.0 Å². The van der Waals surface area contributed by atoms with Crippen LogP contribution in [0.3, 0.4) is 0 Å². The normalized spacial score (nSPS) is 18.5. The predicted molar refractivity (Wildman–Crippen MR) is 123 cm³/mol. The zero-order valence-electron chi connectivity index (χ0n) is 19.8. The van der Waals surface area contributed by atoms with E-state index >= 15 is 0 Å². The van der Waals surface area contributed by atoms with Crippen LogP contribution < -0.4 is 10.1 Å². The van der Waals surface area contributed by atoms with E-state index in [4.69, 9.17) is 14.0 Å². The number of hydrogen-bond donors (Lipinski definition) is 2. The molecule has 1 saturated carbocycles. The van der Waals surface area contributed by atoms with Crippen LogP contribution in [0.2, 0.25) is 0 Å². The molecule has 0 spiro atoms. The van der Waals surface area contributed by atoms with Gasteiger partial charge < -0.3 is 24.4 Å². The summed E-state index contributed by atoms with van der Waals surface area (Å²) in [6, 6.07) is 7.43. The Kier molecular flexibility index (Phi) is 8.00. The zero-order chi connectivity index (χ0) is 24.0. The first-order valence-electron chi connectivity index (χ1n) is 11.5. The Morgan fingerprint density at radius 2 is 1.94 bits per heavy atom. The lowest BCUT2D eigenvalue weighted by Crippen LogP contribution is -2.29. The molecule has 8 nitrogen and oxygen atoms in total. The number of alkyl carbamates (subject to hydrolysis) is 1. The van der Waals surface area contributed by atoms with E-state index in [1.165, 1.54) is 0 Å². The zero-order valence-corrected chi connectivity index (χ0v) is 19.8. The highest BCUT2D eigenvalue weighted by atomic mass is 16.5. The number of hydrogen-bond acceptors (Lipinski definition) is 6. The Labute approximate surface area is 194 Å². The first-order valence-corrected chi connectivity index (χ1v) is 11.5. The van der Waals surface area contributed by atoms with Gasteiger partial charge >= 0.3 is 12.1 Å². The highest BCUT2D eigenvalue weighted by Gasteiger charge is 2.28. The van der Waals surface area contributed by atoms with Crippen molar-refractivity contribution < 1.29 is 28.7 Å². The van der Waals surface area contributed by atoms with Gasteiger partial charge in [-0.05, 0) is 68.7 Å². The van der Waals surface area contributed by atoms with E-state index in [0.717, 1.165) is 30.4 Å². The second-order valence-electron chi connectivity index (χ2n) is 9.84. The first kappa shape index (κ1) is 24.6. The predicted octanol–water partition coefficient (Wildman–Crippen LogP) is 5.33. The molecule has 33 heavy (non-hydrogen) atoms. The van der Waals surface area contributed by atoms with E-state index in [0.29, 0.717) is 36.7 Å². The van der Waals surface area contributed by atoms with Crippen molar-refractivity contribution in [1.82, 2.24) is 10.5 Å². The van der Waals surface area contributed by atoms with Crippen molar-refractivity contribution in [2.24, 2.45) is 11.3 Å². The van der Waals surface area contributed by atoms with Crippen molar-refractivity contribution in [2.45, 2.75) is 72.4 Å². The number of carbonyl (C=O) groups is 2. The van der Waals surface area contributed by atoms with Crippen LogP contribution in [0, 0.1) is 18.3 Å². The van der Waals surface area contributed by atoms with Gasteiger partial charge in [0.25, 0.3) is 0 Å². The topological polar surface area (TPSA) is 111 Å². The number of ether oxygens (including phenoxy) is 2. The van der Waals surface area contributed by atoms with E-state index in [9.17, 15) is 14.7 Å². The van der Waals surface area contributed by atoms with E-state index < -0.39 is 12.1 Å². The van der Waals surface area contributed by atoms with E-state index in [2.05, 4.69) is 31.2 Å². The minimum atomic E-state index is -0.751. The summed E-state index contributed by atoms with van der Waals surface area (Å²) in [7, 11) is 0. The van der Waals surface area contributed by atoms with Crippen molar-refractivity contribution in [3.8, 4) is 17.1 Å². The molecule has 1 heterocycles. The molecule has 3 rings (SSSR count). The van der Waals surface area contributed by atoms with Crippen LogP contribution in [0.1, 0.15) is 64.1 Å². The summed E-state index contributed by atoms with van der Waals surface area (Å²) < 4.78 is 16.8. The summed E-state index contributed by atoms with van der Waals surface area (Å²) in [5.74, 6) is 0.180. The molecule has 1 aliphatic carbocycles. The van der Waals surface area contributed by atoms with Crippen LogP contribution in [0.15, 0.2) is 28.8 Å². The minimum Gasteiger partial charge on any atom is -0.490 e. The maximum absolute atomic E-state index is 12.0. The number of aromatic nitrogens is 1. The molecule has 8 heteroatoms. The second kappa shape index (κ2) is 10.7. The number of nitrogens with one attached hydrogen (secondary N) is 1. The molecule has 2 aromatic rings. The second-order valence-corrected chi connectivity index (χ2v) is 9.84. The molecule has 0 aliphatic heterocycles. The molecule has 1 aliphatic rings. The van der Waals surface area contributed by atoms with E-state index in [1.54, 1.807) is 0 Å². The number of benzene rings is 1. The van der Waals surface area contributed by atoms with Crippen molar-refractivity contribution in [3.05, 3.63) is 35.5 Å². The average Bonchev–Trinajstić information content (AvgIpc) is 3.12. The Bertz CT molecular complexity index is 945. The van der Waals surface area contributed by atoms with Crippen molar-refractivity contribution in [2.75, 3.05) is 6.61 Å². The quantitative estimate of drug-likeness (QED) is 0.549. The Balaban J connectivity index is 1.58. The average molecular weight is 459 g/mol. The van der Waals surface area contributed by atoms with Crippen LogP contribution >= 0.6 is 0 Å². The Morgan fingerprint density at radius 3 is 2.61 bits per heavy atom. The van der Waals surface area contributed by atoms with Crippen LogP contribution in [0.4, 0.5) is 4.79 Å². The van der Waals surface area contributed by atoms with Gasteiger partial charge in [-0.3, -0.25) is 4.79 Å². The summed E-state index contributed by atoms with van der Waals surface area (Å²) in [5, 5.41) is 16.1. The number of nitrogens with zero attached hydrogens (tertiary/aromatic N) is 1. The molecule has 2 N–H and O–H groups in total. The maximum atomic E-state index is 12.0. The van der Waals surface area contributed by atoms with E-state index in [-0.39, 0.29) is 24.0 Å². The van der Waals surface area contributed by atoms with Gasteiger partial charge in [-0.2, -0.15) is 0 Å². The van der Waals surface area contributed by atoms with Gasteiger partial charge in [0.2, 0.25) is 0 Å². The van der Waals surface area contributed by atoms with Crippen LogP contribution in [0.25, 0.3) is 11.3 Å². The minimum absolute atomic E-state index is 0.0951. The number of amides is 1. The number of carboxylic acids is 1. The SMILES string of the molecule is Cc1noc(-c2ccc(O[C@H]3CCC[C@H](C(=O)O)C3)cc2)c1CNC(=O)OCCC(C)(C)C. The first-order chi connectivity index (χ1) is 15.6.